The number of carbonyl (C=O) groups excluding carboxylic acids is 2. The Balaban J connectivity index is 2.05. The van der Waals surface area contributed by atoms with Crippen molar-refractivity contribution in [1.82, 2.24) is 0 Å². The van der Waals surface area contributed by atoms with Gasteiger partial charge in [0.15, 0.2) is 11.9 Å². The Morgan fingerprint density at radius 3 is 2.57 bits per heavy atom. The van der Waals surface area contributed by atoms with E-state index in [4.69, 9.17) is 14.9 Å². The second-order valence-electron chi connectivity index (χ2n) is 4.64. The summed E-state index contributed by atoms with van der Waals surface area (Å²) in [4.78, 5) is 23.2. The van der Waals surface area contributed by atoms with Crippen molar-refractivity contribution in [2.45, 2.75) is 12.2 Å². The molecule has 1 aromatic carbocycles. The summed E-state index contributed by atoms with van der Waals surface area (Å²) in [6.07, 6.45) is -0.616. The van der Waals surface area contributed by atoms with E-state index in [9.17, 15) is 19.8 Å². The first-order valence-electron chi connectivity index (χ1n) is 6.54. The summed E-state index contributed by atoms with van der Waals surface area (Å²) in [5.41, 5.74) is 0.598. The summed E-state index contributed by atoms with van der Waals surface area (Å²) in [5, 5.41) is 37.0. The number of hydrogen-bond acceptors (Lipinski definition) is 8. The van der Waals surface area contributed by atoms with Crippen LogP contribution in [0.2, 0.25) is 0 Å². The van der Waals surface area contributed by atoms with Gasteiger partial charge in [0.25, 0.3) is 5.76 Å². The number of aliphatic hydroxyl groups is 3. The average Bonchev–Trinajstić information content (AvgIpc) is 2.81. The summed E-state index contributed by atoms with van der Waals surface area (Å²) in [5.74, 6) is -3.49. The molecule has 2 rings (SSSR count). The Kier molecular flexibility index (Phi) is 4.99. The normalized spacial score (nSPS) is 19.0. The number of phenolic OH excluding ortho intramolecular Hbond substituents is 1. The lowest BCUT2D eigenvalue weighted by molar-refractivity contribution is -0.151. The molecule has 1 heterocycles. The molecule has 0 radical (unpaired) electrons. The number of benzene rings is 1. The summed E-state index contributed by atoms with van der Waals surface area (Å²) < 4.78 is 9.31. The van der Waals surface area contributed by atoms with E-state index in [1.807, 2.05) is 0 Å². The minimum atomic E-state index is -1.53. The van der Waals surface area contributed by atoms with Crippen LogP contribution in [-0.4, -0.2) is 51.2 Å². The fourth-order valence-corrected chi connectivity index (χ4v) is 1.79. The van der Waals surface area contributed by atoms with Crippen LogP contribution in [0.15, 0.2) is 41.9 Å². The highest BCUT2D eigenvalue weighted by Gasteiger charge is 2.41. The van der Waals surface area contributed by atoms with Crippen molar-refractivity contribution in [3.8, 4) is 5.75 Å². The molecular weight excluding hydrogens is 308 g/mol. The predicted molar refractivity (Wildman–Crippen MR) is 75.9 cm³/mol. The third-order valence-electron chi connectivity index (χ3n) is 2.97. The maximum Gasteiger partial charge on any atom is 0.378 e. The number of esters is 2. The minimum absolute atomic E-state index is 0.0713. The van der Waals surface area contributed by atoms with Crippen LogP contribution in [0.1, 0.15) is 5.56 Å². The molecule has 122 valence electrons. The standard InChI is InChI=1S/C15H14O8/c16-7-10(18)13-12(20)14(15(21)23-13)22-11(19)6-3-8-1-4-9(17)5-2-8/h1-6,10,13,16-18,20H,7H2/b6-3+/t10-,13-/m1/s1. The summed E-state index contributed by atoms with van der Waals surface area (Å²) >= 11 is 0. The second kappa shape index (κ2) is 6.95. The average molecular weight is 322 g/mol. The molecule has 0 aliphatic carbocycles. The van der Waals surface area contributed by atoms with E-state index in [-0.39, 0.29) is 5.75 Å². The summed E-state index contributed by atoms with van der Waals surface area (Å²) in [6.45, 7) is -0.746. The van der Waals surface area contributed by atoms with Gasteiger partial charge in [0, 0.05) is 6.08 Å². The van der Waals surface area contributed by atoms with Gasteiger partial charge in [-0.05, 0) is 23.8 Å². The topological polar surface area (TPSA) is 134 Å². The Morgan fingerprint density at radius 2 is 1.96 bits per heavy atom. The number of aliphatic hydroxyl groups excluding tert-OH is 3. The minimum Gasteiger partial charge on any atom is -0.508 e. The molecule has 4 N–H and O–H groups in total. The largest absolute Gasteiger partial charge is 0.508 e. The molecule has 0 unspecified atom stereocenters. The zero-order chi connectivity index (χ0) is 17.0. The number of cyclic esters (lactones) is 1. The third kappa shape index (κ3) is 3.87. The van der Waals surface area contributed by atoms with Crippen molar-refractivity contribution in [1.29, 1.82) is 0 Å². The van der Waals surface area contributed by atoms with Gasteiger partial charge in [-0.2, -0.15) is 0 Å². The molecule has 8 heteroatoms. The van der Waals surface area contributed by atoms with Crippen LogP contribution in [0.3, 0.4) is 0 Å². The quantitative estimate of drug-likeness (QED) is 0.439. The number of carbonyl (C=O) groups is 2. The van der Waals surface area contributed by atoms with Gasteiger partial charge in [0.05, 0.1) is 6.61 Å². The lowest BCUT2D eigenvalue weighted by atomic mass is 10.2. The maximum absolute atomic E-state index is 11.7. The molecule has 1 aromatic rings. The molecule has 0 amide bonds. The van der Waals surface area contributed by atoms with Crippen LogP contribution in [0.25, 0.3) is 6.08 Å². The van der Waals surface area contributed by atoms with Crippen molar-refractivity contribution in [3.63, 3.8) is 0 Å². The Hall–Kier alpha value is -2.84. The zero-order valence-electron chi connectivity index (χ0n) is 11.7. The molecular formula is C15H14O8. The third-order valence-corrected chi connectivity index (χ3v) is 2.97. The van der Waals surface area contributed by atoms with Gasteiger partial charge in [-0.15, -0.1) is 0 Å². The molecule has 0 spiro atoms. The highest BCUT2D eigenvalue weighted by molar-refractivity contribution is 5.95. The summed E-state index contributed by atoms with van der Waals surface area (Å²) in [7, 11) is 0. The molecule has 0 saturated heterocycles. The van der Waals surface area contributed by atoms with E-state index in [1.54, 1.807) is 12.1 Å². The lowest BCUT2D eigenvalue weighted by Crippen LogP contribution is -2.31. The van der Waals surface area contributed by atoms with Crippen molar-refractivity contribution in [2.24, 2.45) is 0 Å². The van der Waals surface area contributed by atoms with Crippen LogP contribution in [0, 0.1) is 0 Å². The molecule has 0 bridgehead atoms. The number of ether oxygens (including phenoxy) is 2. The predicted octanol–water partition coefficient (Wildman–Crippen LogP) is -0.00320. The lowest BCUT2D eigenvalue weighted by Gasteiger charge is -2.13. The number of phenols is 1. The smallest absolute Gasteiger partial charge is 0.378 e. The van der Waals surface area contributed by atoms with E-state index >= 15 is 0 Å². The van der Waals surface area contributed by atoms with Crippen molar-refractivity contribution in [3.05, 3.63) is 47.4 Å². The summed E-state index contributed by atoms with van der Waals surface area (Å²) in [6, 6.07) is 5.95. The van der Waals surface area contributed by atoms with Gasteiger partial charge in [0.1, 0.15) is 11.9 Å². The maximum atomic E-state index is 11.7. The van der Waals surface area contributed by atoms with E-state index < -0.39 is 42.3 Å². The monoisotopic (exact) mass is 322 g/mol. The SMILES string of the molecule is O=C(/C=C/c1ccc(O)cc1)OC1=C(O)[C@@H]([C@H](O)CO)OC1=O. The van der Waals surface area contributed by atoms with E-state index in [0.717, 1.165) is 6.08 Å². The van der Waals surface area contributed by atoms with Gasteiger partial charge in [-0.3, -0.25) is 0 Å². The van der Waals surface area contributed by atoms with Crippen LogP contribution in [-0.2, 0) is 19.1 Å². The first-order chi connectivity index (χ1) is 10.9. The fraction of sp³-hybridized carbons (Fsp3) is 0.200. The zero-order valence-corrected chi connectivity index (χ0v) is 11.7. The molecule has 1 aliphatic rings. The van der Waals surface area contributed by atoms with Crippen LogP contribution < -0.4 is 0 Å². The molecule has 0 aromatic heterocycles. The number of aromatic hydroxyl groups is 1. The van der Waals surface area contributed by atoms with E-state index in [1.165, 1.54) is 18.2 Å². The van der Waals surface area contributed by atoms with Gasteiger partial charge in [-0.1, -0.05) is 12.1 Å². The van der Waals surface area contributed by atoms with Crippen LogP contribution in [0.4, 0.5) is 0 Å². The van der Waals surface area contributed by atoms with Gasteiger partial charge in [-0.25, -0.2) is 9.59 Å². The second-order valence-corrected chi connectivity index (χ2v) is 4.64. The van der Waals surface area contributed by atoms with Crippen molar-refractivity contribution in [2.75, 3.05) is 6.61 Å². The number of rotatable bonds is 5. The van der Waals surface area contributed by atoms with Crippen molar-refractivity contribution >= 4 is 18.0 Å². The Labute approximate surface area is 130 Å². The van der Waals surface area contributed by atoms with Crippen molar-refractivity contribution < 1.29 is 39.5 Å². The molecule has 8 nitrogen and oxygen atoms in total. The van der Waals surface area contributed by atoms with Gasteiger partial charge >= 0.3 is 11.9 Å². The molecule has 0 saturated carbocycles. The van der Waals surface area contributed by atoms with Crippen LogP contribution in [0.5, 0.6) is 5.75 Å². The fourth-order valence-electron chi connectivity index (χ4n) is 1.79. The molecule has 2 atom stereocenters. The molecule has 1 aliphatic heterocycles. The molecule has 0 fully saturated rings. The highest BCUT2D eigenvalue weighted by atomic mass is 16.6. The molecule has 23 heavy (non-hydrogen) atoms. The van der Waals surface area contributed by atoms with E-state index in [0.29, 0.717) is 5.56 Å². The highest BCUT2D eigenvalue weighted by Crippen LogP contribution is 2.24. The van der Waals surface area contributed by atoms with E-state index in [2.05, 4.69) is 4.74 Å². The van der Waals surface area contributed by atoms with Crippen LogP contribution >= 0.6 is 0 Å². The first kappa shape index (κ1) is 16.5. The van der Waals surface area contributed by atoms with Gasteiger partial charge in [0.2, 0.25) is 0 Å². The van der Waals surface area contributed by atoms with Gasteiger partial charge < -0.3 is 29.9 Å². The number of hydrogen-bond donors (Lipinski definition) is 4. The first-order valence-corrected chi connectivity index (χ1v) is 6.54. The Morgan fingerprint density at radius 1 is 1.30 bits per heavy atom. The Bertz CT molecular complexity index is 659.